The van der Waals surface area contributed by atoms with E-state index in [1.807, 2.05) is 0 Å². The summed E-state index contributed by atoms with van der Waals surface area (Å²) in [6.45, 7) is 3.08. The van der Waals surface area contributed by atoms with Gasteiger partial charge in [0.25, 0.3) is 0 Å². The van der Waals surface area contributed by atoms with Crippen molar-refractivity contribution in [2.24, 2.45) is 11.0 Å². The second-order valence-corrected chi connectivity index (χ2v) is 3.03. The van der Waals surface area contributed by atoms with Crippen molar-refractivity contribution in [1.82, 2.24) is 5.25 Å². The molecule has 5 N–H and O–H groups in total. The molecule has 0 aliphatic heterocycles. The summed E-state index contributed by atoms with van der Waals surface area (Å²) in [6, 6.07) is 0. The number of rotatable bonds is 3. The average molecular weight is 165 g/mol. The van der Waals surface area contributed by atoms with E-state index in [0.29, 0.717) is 0 Å². The Hall–Kier alpha value is -0.680. The molecule has 0 unspecified atom stereocenters. The third-order valence-corrected chi connectivity index (χ3v) is 0.832. The molecule has 0 spiro atoms. The van der Waals surface area contributed by atoms with Gasteiger partial charge in [-0.3, -0.25) is 15.6 Å². The Morgan fingerprint density at radius 2 is 2.20 bits per heavy atom. The average Bonchev–Trinajstić information content (AvgIpc) is 1.81. The van der Waals surface area contributed by atoms with Crippen LogP contribution in [-0.4, -0.2) is 5.97 Å². The predicted octanol–water partition coefficient (Wildman–Crippen LogP) is -0.754. The van der Waals surface area contributed by atoms with E-state index in [-0.39, 0.29) is 0 Å². The molecule has 0 heterocycles. The number of hydrogen-bond donors (Lipinski definition) is 3. The van der Waals surface area contributed by atoms with Gasteiger partial charge in [-0.1, -0.05) is 11.8 Å². The first-order valence-electron chi connectivity index (χ1n) is 2.23. The Morgan fingerprint density at radius 3 is 2.50 bits per heavy atom. The molecule has 0 amide bonds. The Labute approximate surface area is 57.7 Å². The van der Waals surface area contributed by atoms with Gasteiger partial charge < -0.3 is 4.84 Å². The zero-order valence-corrected chi connectivity index (χ0v) is 6.01. The Bertz CT molecular complexity index is 185. The molecule has 0 rings (SSSR count). The molecular weight excluding hydrogens is 157 g/mol. The van der Waals surface area contributed by atoms with Crippen molar-refractivity contribution in [1.29, 1.82) is 0 Å². The number of carbonyl (C=O) groups excluding carboxylic acids is 1. The van der Waals surface area contributed by atoms with Crippen molar-refractivity contribution in [3.05, 3.63) is 12.7 Å². The summed E-state index contributed by atoms with van der Waals surface area (Å²) in [7, 11) is -3.47. The number of nitrogens with one attached hydrogen (secondary N) is 1. The van der Waals surface area contributed by atoms with Crippen LogP contribution in [0, 0.1) is 0 Å². The van der Waals surface area contributed by atoms with E-state index in [9.17, 15) is 9.36 Å². The summed E-state index contributed by atoms with van der Waals surface area (Å²) in [5, 5.41) is 1.66. The van der Waals surface area contributed by atoms with Crippen LogP contribution >= 0.6 is 7.59 Å². The second-order valence-electron chi connectivity index (χ2n) is 1.43. The number of hydrogen-bond acceptors (Lipinski definition) is 3. The summed E-state index contributed by atoms with van der Waals surface area (Å²) in [5.41, 5.74) is 9.50. The van der Waals surface area contributed by atoms with Crippen molar-refractivity contribution in [3.8, 4) is 0 Å². The van der Waals surface area contributed by atoms with Gasteiger partial charge in [0.15, 0.2) is 0 Å². The van der Waals surface area contributed by atoms with Gasteiger partial charge in [-0.25, -0.2) is 4.79 Å². The molecule has 0 aliphatic rings. The van der Waals surface area contributed by atoms with E-state index in [0.717, 1.165) is 6.08 Å². The fourth-order valence-corrected chi connectivity index (χ4v) is 0.391. The van der Waals surface area contributed by atoms with Gasteiger partial charge in [-0.05, 0) is 0 Å². The summed E-state index contributed by atoms with van der Waals surface area (Å²) >= 11 is 0. The van der Waals surface area contributed by atoms with Crippen molar-refractivity contribution in [2.45, 2.75) is 0 Å². The maximum Gasteiger partial charge on any atom is 0.349 e. The molecule has 0 bridgehead atoms. The van der Waals surface area contributed by atoms with E-state index in [4.69, 9.17) is 11.0 Å². The van der Waals surface area contributed by atoms with Crippen LogP contribution in [0.2, 0.25) is 0 Å². The molecular formula is C3H8N3O3P. The molecule has 0 saturated carbocycles. The standard InChI is InChI=1S/C3H8N3O3P/c1-2-3(7)9-6-10(4,5)8/h2H,1H2,(H5,4,5,6,8). The minimum absolute atomic E-state index is 0.795. The molecule has 0 aromatic rings. The highest BCUT2D eigenvalue weighted by Gasteiger charge is 2.08. The normalized spacial score (nSPS) is 10.6. The molecule has 0 fully saturated rings. The van der Waals surface area contributed by atoms with Gasteiger partial charge in [0, 0.05) is 6.08 Å². The molecule has 6 nitrogen and oxygen atoms in total. The van der Waals surface area contributed by atoms with E-state index < -0.39 is 13.6 Å². The zero-order valence-electron chi connectivity index (χ0n) is 5.11. The quantitative estimate of drug-likeness (QED) is 0.288. The SMILES string of the molecule is C=CC(=O)ONP(N)(N)=O. The third-order valence-electron chi connectivity index (χ3n) is 0.456. The highest BCUT2D eigenvalue weighted by Crippen LogP contribution is 2.16. The fourth-order valence-electron chi connectivity index (χ4n) is 0.158. The second kappa shape index (κ2) is 3.48. The van der Waals surface area contributed by atoms with Crippen LogP contribution in [0.4, 0.5) is 0 Å². The van der Waals surface area contributed by atoms with Crippen LogP contribution in [-0.2, 0) is 14.2 Å². The van der Waals surface area contributed by atoms with Crippen molar-refractivity contribution in [2.75, 3.05) is 0 Å². The molecule has 58 valence electrons. The largest absolute Gasteiger partial charge is 0.358 e. The first-order chi connectivity index (χ1) is 4.45. The van der Waals surface area contributed by atoms with Crippen LogP contribution in [0.3, 0.4) is 0 Å². The number of carbonyl (C=O) groups is 1. The van der Waals surface area contributed by atoms with Crippen LogP contribution in [0.1, 0.15) is 0 Å². The maximum atomic E-state index is 10.4. The Morgan fingerprint density at radius 1 is 1.70 bits per heavy atom. The van der Waals surface area contributed by atoms with Crippen molar-refractivity contribution >= 4 is 13.6 Å². The van der Waals surface area contributed by atoms with Crippen LogP contribution in [0.5, 0.6) is 0 Å². The lowest BCUT2D eigenvalue weighted by atomic mass is 10.7. The lowest BCUT2D eigenvalue weighted by molar-refractivity contribution is -0.141. The fraction of sp³-hybridized carbons (Fsp3) is 0. The van der Waals surface area contributed by atoms with Gasteiger partial charge in [-0.2, -0.15) is 0 Å². The lowest BCUT2D eigenvalue weighted by Crippen LogP contribution is -2.24. The van der Waals surface area contributed by atoms with Crippen LogP contribution in [0.15, 0.2) is 12.7 Å². The molecule has 0 radical (unpaired) electrons. The van der Waals surface area contributed by atoms with Gasteiger partial charge in [0.2, 0.25) is 0 Å². The first kappa shape index (κ1) is 9.32. The van der Waals surface area contributed by atoms with E-state index >= 15 is 0 Å². The summed E-state index contributed by atoms with van der Waals surface area (Å²) < 4.78 is 10.4. The summed E-state index contributed by atoms with van der Waals surface area (Å²) in [5.74, 6) is -0.795. The maximum absolute atomic E-state index is 10.4. The van der Waals surface area contributed by atoms with Gasteiger partial charge in [0.05, 0.1) is 0 Å². The molecule has 0 aromatic carbocycles. The molecule has 0 aromatic heterocycles. The molecule has 0 aliphatic carbocycles. The monoisotopic (exact) mass is 165 g/mol. The number of nitrogens with two attached hydrogens (primary N) is 2. The molecule has 7 heteroatoms. The predicted molar refractivity (Wildman–Crippen MR) is 35.4 cm³/mol. The topological polar surface area (TPSA) is 107 Å². The summed E-state index contributed by atoms with van der Waals surface area (Å²) in [4.78, 5) is 14.3. The van der Waals surface area contributed by atoms with Gasteiger partial charge >= 0.3 is 13.6 Å². The Balaban J connectivity index is 3.66. The van der Waals surface area contributed by atoms with Gasteiger partial charge in [0.1, 0.15) is 0 Å². The lowest BCUT2D eigenvalue weighted by Gasteiger charge is -2.05. The minimum Gasteiger partial charge on any atom is -0.358 e. The zero-order chi connectivity index (χ0) is 8.20. The van der Waals surface area contributed by atoms with Crippen molar-refractivity contribution in [3.63, 3.8) is 0 Å². The summed E-state index contributed by atoms with van der Waals surface area (Å²) in [6.07, 6.45) is 0.878. The van der Waals surface area contributed by atoms with Crippen molar-refractivity contribution < 1.29 is 14.2 Å². The highest BCUT2D eigenvalue weighted by atomic mass is 31.2. The molecule has 0 atom stereocenters. The first-order valence-corrected chi connectivity index (χ1v) is 4.08. The minimum atomic E-state index is -3.47. The van der Waals surface area contributed by atoms with E-state index in [2.05, 4.69) is 11.4 Å². The van der Waals surface area contributed by atoms with E-state index in [1.54, 1.807) is 5.25 Å². The van der Waals surface area contributed by atoms with Gasteiger partial charge in [-0.15, -0.1) is 0 Å². The van der Waals surface area contributed by atoms with Crippen LogP contribution < -0.4 is 16.3 Å². The Kier molecular flexibility index (Phi) is 3.24. The molecule has 10 heavy (non-hydrogen) atoms. The van der Waals surface area contributed by atoms with E-state index in [1.165, 1.54) is 0 Å². The molecule has 0 saturated heterocycles. The smallest absolute Gasteiger partial charge is 0.349 e. The highest BCUT2D eigenvalue weighted by molar-refractivity contribution is 7.56. The van der Waals surface area contributed by atoms with Crippen LogP contribution in [0.25, 0.3) is 0 Å². The third kappa shape index (κ3) is 5.46.